The topological polar surface area (TPSA) is 67.8 Å². The first-order chi connectivity index (χ1) is 14.5. The van der Waals surface area contributed by atoms with E-state index in [2.05, 4.69) is 20.5 Å². The maximum atomic E-state index is 13.0. The summed E-state index contributed by atoms with van der Waals surface area (Å²) in [6.07, 6.45) is 0.773. The second-order valence-corrected chi connectivity index (χ2v) is 9.68. The molecule has 1 amide bonds. The summed E-state index contributed by atoms with van der Waals surface area (Å²) in [4.78, 5) is 17.7. The highest BCUT2D eigenvalue weighted by Gasteiger charge is 2.11. The van der Waals surface area contributed by atoms with E-state index >= 15 is 0 Å². The number of hydrogen-bond donors (Lipinski definition) is 1. The number of rotatable bonds is 7. The number of carbonyl (C=O) groups excluding carboxylic acids is 1. The lowest BCUT2D eigenvalue weighted by molar-refractivity contribution is -0.115. The first-order valence-electron chi connectivity index (χ1n) is 8.76. The zero-order valence-electron chi connectivity index (χ0n) is 15.3. The first kappa shape index (κ1) is 20.9. The largest absolute Gasteiger partial charge is 0.326 e. The molecule has 5 nitrogen and oxygen atoms in total. The van der Waals surface area contributed by atoms with Gasteiger partial charge in [0, 0.05) is 22.4 Å². The lowest BCUT2D eigenvalue weighted by atomic mass is 10.1. The molecule has 0 saturated carbocycles. The highest BCUT2D eigenvalue weighted by molar-refractivity contribution is 8.01. The number of nitrogens with one attached hydrogen (secondary N) is 1. The maximum Gasteiger partial charge on any atom is 0.230 e. The summed E-state index contributed by atoms with van der Waals surface area (Å²) in [5.74, 6) is -0.434. The van der Waals surface area contributed by atoms with Crippen LogP contribution in [-0.4, -0.2) is 21.1 Å². The predicted octanol–water partition coefficient (Wildman–Crippen LogP) is 5.71. The molecular weight excluding hydrogens is 463 g/mol. The van der Waals surface area contributed by atoms with Crippen LogP contribution < -0.4 is 5.32 Å². The second kappa shape index (κ2) is 9.65. The number of benzene rings is 2. The Morgan fingerprint density at radius 3 is 2.73 bits per heavy atom. The van der Waals surface area contributed by atoms with Gasteiger partial charge in [0.2, 0.25) is 5.91 Å². The normalized spacial score (nSPS) is 10.9. The fourth-order valence-corrected chi connectivity index (χ4v) is 5.18. The van der Waals surface area contributed by atoms with Gasteiger partial charge in [0.05, 0.1) is 22.1 Å². The minimum atomic E-state index is -0.262. The number of aromatic nitrogens is 3. The Labute approximate surface area is 189 Å². The molecule has 4 rings (SSSR count). The zero-order valence-corrected chi connectivity index (χ0v) is 18.5. The van der Waals surface area contributed by atoms with Crippen molar-refractivity contribution in [3.05, 3.63) is 80.5 Å². The van der Waals surface area contributed by atoms with Gasteiger partial charge in [-0.05, 0) is 35.9 Å². The van der Waals surface area contributed by atoms with Crippen LogP contribution >= 0.6 is 46.0 Å². The summed E-state index contributed by atoms with van der Waals surface area (Å²) in [6, 6.07) is 11.7. The van der Waals surface area contributed by atoms with Crippen molar-refractivity contribution in [3.8, 4) is 0 Å². The van der Waals surface area contributed by atoms with Gasteiger partial charge in [-0.1, -0.05) is 46.8 Å². The fourth-order valence-electron chi connectivity index (χ4n) is 2.62. The van der Waals surface area contributed by atoms with Crippen LogP contribution in [0.3, 0.4) is 0 Å². The van der Waals surface area contributed by atoms with Crippen LogP contribution in [0.25, 0.3) is 0 Å². The van der Waals surface area contributed by atoms with E-state index < -0.39 is 0 Å². The van der Waals surface area contributed by atoms with E-state index in [0.717, 1.165) is 19.8 Å². The van der Waals surface area contributed by atoms with E-state index in [0.29, 0.717) is 22.8 Å². The van der Waals surface area contributed by atoms with Gasteiger partial charge in [0.25, 0.3) is 0 Å². The van der Waals surface area contributed by atoms with Crippen molar-refractivity contribution in [1.29, 1.82) is 0 Å². The van der Waals surface area contributed by atoms with Crippen molar-refractivity contribution in [2.45, 2.75) is 22.1 Å². The smallest absolute Gasteiger partial charge is 0.230 e. The molecule has 152 valence electrons. The number of carbonyl (C=O) groups is 1. The van der Waals surface area contributed by atoms with Crippen molar-refractivity contribution in [2.24, 2.45) is 0 Å². The third-order valence-electron chi connectivity index (χ3n) is 3.96. The molecule has 0 saturated heterocycles. The third kappa shape index (κ3) is 5.63. The van der Waals surface area contributed by atoms with Gasteiger partial charge in [-0.2, -0.15) is 0 Å². The van der Waals surface area contributed by atoms with Gasteiger partial charge in [-0.25, -0.2) is 9.37 Å². The summed E-state index contributed by atoms with van der Waals surface area (Å²) < 4.78 is 13.8. The lowest BCUT2D eigenvalue weighted by Crippen LogP contribution is -2.14. The molecule has 0 atom stereocenters. The molecule has 0 aliphatic heterocycles. The molecule has 0 radical (unpaired) electrons. The van der Waals surface area contributed by atoms with E-state index in [1.807, 2.05) is 11.4 Å². The van der Waals surface area contributed by atoms with Crippen LogP contribution in [0.15, 0.2) is 62.6 Å². The Bertz CT molecular complexity index is 1150. The molecule has 0 unspecified atom stereocenters. The van der Waals surface area contributed by atoms with Crippen molar-refractivity contribution >= 4 is 57.6 Å². The Morgan fingerprint density at radius 2 is 2.00 bits per heavy atom. The predicted molar refractivity (Wildman–Crippen MR) is 119 cm³/mol. The highest BCUT2D eigenvalue weighted by atomic mass is 35.5. The summed E-state index contributed by atoms with van der Waals surface area (Å²) in [5.41, 5.74) is 3.95. The number of anilines is 1. The van der Waals surface area contributed by atoms with E-state index in [1.165, 1.54) is 46.6 Å². The highest BCUT2D eigenvalue weighted by Crippen LogP contribution is 2.35. The summed E-state index contributed by atoms with van der Waals surface area (Å²) in [5, 5.41) is 13.9. The number of halogens is 2. The molecule has 0 aliphatic rings. The first-order valence-corrected chi connectivity index (χ1v) is 11.7. The molecule has 10 heteroatoms. The molecule has 0 aliphatic carbocycles. The van der Waals surface area contributed by atoms with Crippen LogP contribution in [0.5, 0.6) is 0 Å². The molecule has 2 heterocycles. The molecule has 2 aromatic heterocycles. The van der Waals surface area contributed by atoms with Crippen LogP contribution in [0.1, 0.15) is 16.3 Å². The number of amides is 1. The Morgan fingerprint density at radius 1 is 1.17 bits per heavy atom. The van der Waals surface area contributed by atoms with E-state index in [4.69, 9.17) is 11.6 Å². The molecule has 2 aromatic carbocycles. The maximum absolute atomic E-state index is 13.0. The zero-order chi connectivity index (χ0) is 20.9. The summed E-state index contributed by atoms with van der Waals surface area (Å²) in [6.45, 7) is 0. The van der Waals surface area contributed by atoms with Crippen molar-refractivity contribution in [1.82, 2.24) is 15.2 Å². The quantitative estimate of drug-likeness (QED) is 0.370. The van der Waals surface area contributed by atoms with Gasteiger partial charge in [0.1, 0.15) is 11.3 Å². The van der Waals surface area contributed by atoms with Gasteiger partial charge < -0.3 is 5.32 Å². The van der Waals surface area contributed by atoms with Crippen molar-refractivity contribution in [2.75, 3.05) is 5.32 Å². The van der Waals surface area contributed by atoms with Crippen LogP contribution in [0, 0.1) is 5.82 Å². The lowest BCUT2D eigenvalue weighted by Gasteiger charge is -2.07. The summed E-state index contributed by atoms with van der Waals surface area (Å²) >= 11 is 10.7. The summed E-state index contributed by atoms with van der Waals surface area (Å²) in [7, 11) is 0. The third-order valence-corrected chi connectivity index (χ3v) is 7.14. The van der Waals surface area contributed by atoms with Crippen molar-refractivity contribution in [3.63, 3.8) is 0 Å². The average molecular weight is 477 g/mol. The van der Waals surface area contributed by atoms with E-state index in [-0.39, 0.29) is 18.1 Å². The fraction of sp³-hybridized carbons (Fsp3) is 0.100. The standard InChI is InChI=1S/C20H14ClFN4OS3/c21-16-8-14(5-6-17(16)30-20-26-23-11-29-20)24-18(27)9-15-10-28-19(25-15)7-12-1-3-13(22)4-2-12/h1-6,8,10-11H,7,9H2,(H,24,27). The molecule has 30 heavy (non-hydrogen) atoms. The molecule has 4 aromatic rings. The average Bonchev–Trinajstić information content (AvgIpc) is 3.38. The number of hydrogen-bond acceptors (Lipinski definition) is 7. The van der Waals surface area contributed by atoms with Crippen LogP contribution in [0.2, 0.25) is 5.02 Å². The monoisotopic (exact) mass is 476 g/mol. The number of nitrogens with zero attached hydrogens (tertiary/aromatic N) is 3. The SMILES string of the molecule is O=C(Cc1csc(Cc2ccc(F)cc2)n1)Nc1ccc(Sc2nncs2)c(Cl)c1. The molecule has 1 N–H and O–H groups in total. The van der Waals surface area contributed by atoms with Gasteiger partial charge in [-0.15, -0.1) is 21.5 Å². The van der Waals surface area contributed by atoms with Gasteiger partial charge in [-0.3, -0.25) is 4.79 Å². The number of thiazole rings is 1. The van der Waals surface area contributed by atoms with Gasteiger partial charge in [0.15, 0.2) is 4.34 Å². The minimum Gasteiger partial charge on any atom is -0.326 e. The van der Waals surface area contributed by atoms with E-state index in [9.17, 15) is 9.18 Å². The van der Waals surface area contributed by atoms with Crippen LogP contribution in [-0.2, 0) is 17.6 Å². The van der Waals surface area contributed by atoms with Gasteiger partial charge >= 0.3 is 0 Å². The Hall–Kier alpha value is -2.33. The molecular formula is C20H14ClFN4OS3. The Kier molecular flexibility index (Phi) is 6.73. The minimum absolute atomic E-state index is 0.165. The Balaban J connectivity index is 1.34. The molecule has 0 bridgehead atoms. The second-order valence-electron chi connectivity index (χ2n) is 6.21. The van der Waals surface area contributed by atoms with Crippen LogP contribution in [0.4, 0.5) is 10.1 Å². The molecule has 0 spiro atoms. The van der Waals surface area contributed by atoms with Crippen molar-refractivity contribution < 1.29 is 9.18 Å². The van der Waals surface area contributed by atoms with E-state index in [1.54, 1.807) is 29.8 Å². The molecule has 0 fully saturated rings.